The summed E-state index contributed by atoms with van der Waals surface area (Å²) in [6.45, 7) is 4.28. The van der Waals surface area contributed by atoms with Crippen LogP contribution in [0.4, 0.5) is 0 Å². The number of pyridine rings is 1. The number of hydrogen-bond donors (Lipinski definition) is 1. The lowest BCUT2D eigenvalue weighted by molar-refractivity contribution is -0.136. The van der Waals surface area contributed by atoms with Crippen LogP contribution in [0, 0.1) is 6.92 Å². The number of rotatable bonds is 9. The first-order valence-electron chi connectivity index (χ1n) is 9.43. The van der Waals surface area contributed by atoms with Crippen molar-refractivity contribution in [3.63, 3.8) is 0 Å². The minimum absolute atomic E-state index is 0.0228. The zero-order chi connectivity index (χ0) is 20.1. The molecule has 6 heteroatoms. The van der Waals surface area contributed by atoms with Crippen LogP contribution >= 0.6 is 0 Å². The molecule has 0 spiro atoms. The van der Waals surface area contributed by atoms with Crippen LogP contribution in [0.5, 0.6) is 5.75 Å². The molecule has 0 atom stereocenters. The van der Waals surface area contributed by atoms with Gasteiger partial charge in [0.1, 0.15) is 5.69 Å². The van der Waals surface area contributed by atoms with E-state index in [1.165, 1.54) is 0 Å². The van der Waals surface area contributed by atoms with E-state index in [1.807, 2.05) is 56.4 Å². The number of aromatic nitrogens is 2. The molecule has 0 aliphatic carbocycles. The maximum atomic E-state index is 12.9. The summed E-state index contributed by atoms with van der Waals surface area (Å²) in [6, 6.07) is 11.5. The quantitative estimate of drug-likeness (QED) is 0.570. The van der Waals surface area contributed by atoms with Crippen molar-refractivity contribution in [2.45, 2.75) is 39.5 Å². The van der Waals surface area contributed by atoms with Gasteiger partial charge in [-0.25, -0.2) is 4.98 Å². The van der Waals surface area contributed by atoms with Crippen LogP contribution in [-0.4, -0.2) is 32.9 Å². The Balaban J connectivity index is 1.75. The van der Waals surface area contributed by atoms with E-state index in [1.54, 1.807) is 4.40 Å². The second-order valence-electron chi connectivity index (χ2n) is 6.68. The van der Waals surface area contributed by atoms with Crippen molar-refractivity contribution < 1.29 is 19.4 Å². The Morgan fingerprint density at radius 1 is 1.11 bits per heavy atom. The number of ketones is 1. The average molecular weight is 380 g/mol. The van der Waals surface area contributed by atoms with E-state index in [9.17, 15) is 9.59 Å². The minimum atomic E-state index is -0.810. The molecule has 1 N–H and O–H groups in total. The number of Topliss-reactive ketones (excluding diaryl/α,β-unsaturated/α-hetero) is 1. The normalized spacial score (nSPS) is 10.9. The molecule has 0 aliphatic heterocycles. The first-order chi connectivity index (χ1) is 13.5. The highest BCUT2D eigenvalue weighted by Crippen LogP contribution is 2.23. The summed E-state index contributed by atoms with van der Waals surface area (Å²) in [5, 5.41) is 8.83. The third kappa shape index (κ3) is 4.39. The van der Waals surface area contributed by atoms with E-state index < -0.39 is 5.97 Å². The molecule has 0 saturated heterocycles. The van der Waals surface area contributed by atoms with E-state index in [0.29, 0.717) is 48.7 Å². The zero-order valence-electron chi connectivity index (χ0n) is 16.1. The summed E-state index contributed by atoms with van der Waals surface area (Å²) >= 11 is 0. The van der Waals surface area contributed by atoms with Gasteiger partial charge in [-0.15, -0.1) is 0 Å². The molecule has 0 aliphatic rings. The second kappa shape index (κ2) is 8.69. The van der Waals surface area contributed by atoms with Gasteiger partial charge in [-0.3, -0.25) is 14.0 Å². The topological polar surface area (TPSA) is 80.9 Å². The number of aryl methyl sites for hydroxylation is 3. The highest BCUT2D eigenvalue weighted by molar-refractivity contribution is 5.96. The highest BCUT2D eigenvalue weighted by atomic mass is 16.5. The van der Waals surface area contributed by atoms with Crippen LogP contribution in [0.25, 0.3) is 5.65 Å². The fraction of sp³-hybridized carbons (Fsp3) is 0.318. The molecule has 3 aromatic rings. The Morgan fingerprint density at radius 3 is 2.50 bits per heavy atom. The van der Waals surface area contributed by atoms with Crippen molar-refractivity contribution in [1.82, 2.24) is 9.38 Å². The monoisotopic (exact) mass is 380 g/mol. The number of hydrogen-bond acceptors (Lipinski definition) is 4. The summed E-state index contributed by atoms with van der Waals surface area (Å²) in [5.74, 6) is -0.122. The lowest BCUT2D eigenvalue weighted by atomic mass is 10.0. The first-order valence-corrected chi connectivity index (χ1v) is 9.43. The zero-order valence-corrected chi connectivity index (χ0v) is 16.1. The molecule has 0 radical (unpaired) electrons. The molecule has 0 amide bonds. The molecule has 2 aromatic heterocycles. The number of nitrogens with zero attached hydrogens (tertiary/aromatic N) is 2. The number of ether oxygens (including phenoxy) is 1. The van der Waals surface area contributed by atoms with Gasteiger partial charge in [0, 0.05) is 19.0 Å². The lowest BCUT2D eigenvalue weighted by Gasteiger charge is -2.07. The predicted molar refractivity (Wildman–Crippen MR) is 106 cm³/mol. The van der Waals surface area contributed by atoms with Crippen molar-refractivity contribution in [1.29, 1.82) is 0 Å². The van der Waals surface area contributed by atoms with Gasteiger partial charge < -0.3 is 9.84 Å². The van der Waals surface area contributed by atoms with Crippen LogP contribution < -0.4 is 4.74 Å². The average Bonchev–Trinajstić information content (AvgIpc) is 3.02. The van der Waals surface area contributed by atoms with Gasteiger partial charge in [-0.05, 0) is 49.9 Å². The Labute approximate surface area is 163 Å². The fourth-order valence-electron chi connectivity index (χ4n) is 3.33. The number of aliphatic carboxylic acids is 1. The number of carboxylic acid groups (broad SMARTS) is 1. The summed E-state index contributed by atoms with van der Waals surface area (Å²) in [6.07, 6.45) is 3.38. The van der Waals surface area contributed by atoms with Gasteiger partial charge in [-0.1, -0.05) is 24.3 Å². The molecule has 6 nitrogen and oxygen atoms in total. The Bertz CT molecular complexity index is 1010. The van der Waals surface area contributed by atoms with Crippen molar-refractivity contribution in [2.75, 3.05) is 6.61 Å². The SMILES string of the molecule is CCOc1cccn2c(C(=O)CCc3cccc(CCC(=O)O)c3)c(C)nc12. The van der Waals surface area contributed by atoms with E-state index in [0.717, 1.165) is 11.1 Å². The van der Waals surface area contributed by atoms with Gasteiger partial charge in [0.05, 0.1) is 12.3 Å². The van der Waals surface area contributed by atoms with Gasteiger partial charge in [0.25, 0.3) is 0 Å². The molecule has 0 fully saturated rings. The summed E-state index contributed by atoms with van der Waals surface area (Å²) < 4.78 is 7.41. The number of carboxylic acids is 1. The molecule has 146 valence electrons. The largest absolute Gasteiger partial charge is 0.490 e. The van der Waals surface area contributed by atoms with Crippen molar-refractivity contribution in [2.24, 2.45) is 0 Å². The van der Waals surface area contributed by atoms with Crippen molar-refractivity contribution in [3.05, 3.63) is 65.1 Å². The number of imidazole rings is 1. The van der Waals surface area contributed by atoms with Crippen LogP contribution in [0.1, 0.15) is 47.1 Å². The molecule has 3 rings (SSSR count). The molecule has 0 bridgehead atoms. The molecular formula is C22H24N2O4. The maximum Gasteiger partial charge on any atom is 0.303 e. The summed E-state index contributed by atoms with van der Waals surface area (Å²) in [4.78, 5) is 28.2. The van der Waals surface area contributed by atoms with Crippen LogP contribution in [0.15, 0.2) is 42.6 Å². The van der Waals surface area contributed by atoms with E-state index in [4.69, 9.17) is 9.84 Å². The van der Waals surface area contributed by atoms with Gasteiger partial charge in [0.2, 0.25) is 0 Å². The van der Waals surface area contributed by atoms with E-state index in [-0.39, 0.29) is 12.2 Å². The standard InChI is InChI=1S/C22H24N2O4/c1-3-28-19-8-5-13-24-21(15(2)23-22(19)24)18(25)11-9-16-6-4-7-17(14-16)10-12-20(26)27/h4-8,13-14H,3,9-12H2,1-2H3,(H,26,27). The lowest BCUT2D eigenvalue weighted by Crippen LogP contribution is -2.07. The smallest absolute Gasteiger partial charge is 0.303 e. The highest BCUT2D eigenvalue weighted by Gasteiger charge is 2.18. The molecular weight excluding hydrogens is 356 g/mol. The first kappa shape index (κ1) is 19.6. The van der Waals surface area contributed by atoms with Crippen LogP contribution in [0.3, 0.4) is 0 Å². The number of carbonyl (C=O) groups is 2. The number of fused-ring (bicyclic) bond motifs is 1. The van der Waals surface area contributed by atoms with Gasteiger partial charge in [0.15, 0.2) is 17.2 Å². The van der Waals surface area contributed by atoms with E-state index in [2.05, 4.69) is 4.98 Å². The van der Waals surface area contributed by atoms with E-state index >= 15 is 0 Å². The third-order valence-corrected chi connectivity index (χ3v) is 4.61. The second-order valence-corrected chi connectivity index (χ2v) is 6.68. The minimum Gasteiger partial charge on any atom is -0.490 e. The molecule has 0 unspecified atom stereocenters. The third-order valence-electron chi connectivity index (χ3n) is 4.61. The Morgan fingerprint density at radius 2 is 1.82 bits per heavy atom. The molecule has 1 aromatic carbocycles. The molecule has 0 saturated carbocycles. The number of carbonyl (C=O) groups excluding carboxylic acids is 1. The van der Waals surface area contributed by atoms with Crippen LogP contribution in [0.2, 0.25) is 0 Å². The maximum absolute atomic E-state index is 12.9. The Hall–Kier alpha value is -3.15. The Kier molecular flexibility index (Phi) is 6.09. The van der Waals surface area contributed by atoms with Crippen molar-refractivity contribution >= 4 is 17.4 Å². The summed E-state index contributed by atoms with van der Waals surface area (Å²) in [7, 11) is 0. The fourth-order valence-corrected chi connectivity index (χ4v) is 3.33. The predicted octanol–water partition coefficient (Wildman–Crippen LogP) is 3.87. The van der Waals surface area contributed by atoms with Gasteiger partial charge in [-0.2, -0.15) is 0 Å². The molecule has 28 heavy (non-hydrogen) atoms. The van der Waals surface area contributed by atoms with Crippen LogP contribution in [-0.2, 0) is 17.6 Å². The van der Waals surface area contributed by atoms with Crippen molar-refractivity contribution in [3.8, 4) is 5.75 Å². The molecule has 2 heterocycles. The number of benzene rings is 1. The summed E-state index contributed by atoms with van der Waals surface area (Å²) in [5.41, 5.74) is 3.92. The van der Waals surface area contributed by atoms with Gasteiger partial charge >= 0.3 is 5.97 Å².